The summed E-state index contributed by atoms with van der Waals surface area (Å²) in [5, 5.41) is 3.10. The highest BCUT2D eigenvalue weighted by Gasteiger charge is 2.35. The lowest BCUT2D eigenvalue weighted by Crippen LogP contribution is -2.51. The summed E-state index contributed by atoms with van der Waals surface area (Å²) in [5.74, 6) is 2.17. The topological polar surface area (TPSA) is 52.7 Å². The third kappa shape index (κ3) is 6.09. The van der Waals surface area contributed by atoms with E-state index in [2.05, 4.69) is 61.9 Å². The molecule has 3 atom stereocenters. The Kier molecular flexibility index (Phi) is 8.15. The zero-order chi connectivity index (χ0) is 22.5. The largest absolute Gasteiger partial charge is 0.342 e. The normalized spacial score (nSPS) is 24.3. The van der Waals surface area contributed by atoms with E-state index < -0.39 is 0 Å². The molecule has 1 N–H and O–H groups in total. The first-order chi connectivity index (χ1) is 14.8. The molecule has 5 heteroatoms. The van der Waals surface area contributed by atoms with Gasteiger partial charge in [0.1, 0.15) is 0 Å². The van der Waals surface area contributed by atoms with E-state index in [-0.39, 0.29) is 17.9 Å². The van der Waals surface area contributed by atoms with E-state index in [1.807, 2.05) is 12.1 Å². The molecule has 0 spiro atoms. The van der Waals surface area contributed by atoms with Crippen LogP contribution < -0.4 is 5.32 Å². The van der Waals surface area contributed by atoms with Crippen LogP contribution in [0.25, 0.3) is 0 Å². The number of amides is 2. The first-order valence-electron chi connectivity index (χ1n) is 12.2. The lowest BCUT2D eigenvalue weighted by Gasteiger charge is -2.40. The Labute approximate surface area is 188 Å². The summed E-state index contributed by atoms with van der Waals surface area (Å²) >= 11 is 0. The molecule has 0 radical (unpaired) electrons. The maximum atomic E-state index is 13.1. The molecule has 2 aliphatic rings. The molecule has 0 aliphatic carbocycles. The third-order valence-corrected chi connectivity index (χ3v) is 7.03. The predicted molar refractivity (Wildman–Crippen MR) is 127 cm³/mol. The molecule has 2 aliphatic heterocycles. The number of carbonyl (C=O) groups excluding carboxylic acids is 2. The van der Waals surface area contributed by atoms with Crippen molar-refractivity contribution < 1.29 is 9.59 Å². The SMILES string of the molecule is CC[C@H](C(=O)Nc1ccc(C(C)C)cc1)N1CCC(C(=O)N2C[C@H](C)C[C@H](C)C2)CC1. The Morgan fingerprint density at radius 2 is 1.61 bits per heavy atom. The molecule has 3 rings (SSSR count). The highest BCUT2D eigenvalue weighted by Crippen LogP contribution is 2.27. The van der Waals surface area contributed by atoms with Gasteiger partial charge < -0.3 is 10.2 Å². The van der Waals surface area contributed by atoms with Gasteiger partial charge in [-0.3, -0.25) is 14.5 Å². The van der Waals surface area contributed by atoms with Gasteiger partial charge in [0, 0.05) is 24.7 Å². The monoisotopic (exact) mass is 427 g/mol. The van der Waals surface area contributed by atoms with E-state index in [9.17, 15) is 9.59 Å². The van der Waals surface area contributed by atoms with Crippen molar-refractivity contribution in [1.29, 1.82) is 0 Å². The van der Waals surface area contributed by atoms with Gasteiger partial charge in [-0.05, 0) is 74.2 Å². The lowest BCUT2D eigenvalue weighted by atomic mass is 9.88. The second-order valence-electron chi connectivity index (χ2n) is 10.2. The van der Waals surface area contributed by atoms with Crippen molar-refractivity contribution in [2.75, 3.05) is 31.5 Å². The van der Waals surface area contributed by atoms with E-state index in [1.54, 1.807) is 0 Å². The summed E-state index contributed by atoms with van der Waals surface area (Å²) in [6.45, 7) is 14.3. The predicted octanol–water partition coefficient (Wildman–Crippen LogP) is 4.74. The number of carbonyl (C=O) groups is 2. The van der Waals surface area contributed by atoms with Crippen LogP contribution in [0.3, 0.4) is 0 Å². The maximum absolute atomic E-state index is 13.1. The molecule has 2 amide bonds. The number of likely N-dealkylation sites (tertiary alicyclic amines) is 2. The smallest absolute Gasteiger partial charge is 0.241 e. The van der Waals surface area contributed by atoms with Crippen molar-refractivity contribution in [3.8, 4) is 0 Å². The Morgan fingerprint density at radius 3 is 2.13 bits per heavy atom. The van der Waals surface area contributed by atoms with Crippen molar-refractivity contribution in [1.82, 2.24) is 9.80 Å². The molecule has 0 bridgehead atoms. The second-order valence-corrected chi connectivity index (χ2v) is 10.2. The summed E-state index contributed by atoms with van der Waals surface area (Å²) in [4.78, 5) is 30.4. The molecule has 2 saturated heterocycles. The van der Waals surface area contributed by atoms with Crippen LogP contribution in [-0.2, 0) is 9.59 Å². The molecular formula is C26H41N3O2. The fourth-order valence-corrected chi connectivity index (χ4v) is 5.35. The van der Waals surface area contributed by atoms with E-state index >= 15 is 0 Å². The number of benzene rings is 1. The minimum absolute atomic E-state index is 0.0586. The molecule has 172 valence electrons. The molecular weight excluding hydrogens is 386 g/mol. The Morgan fingerprint density at radius 1 is 1.03 bits per heavy atom. The summed E-state index contributed by atoms with van der Waals surface area (Å²) in [6.07, 6.45) is 3.70. The zero-order valence-corrected chi connectivity index (χ0v) is 20.1. The number of rotatable bonds is 6. The van der Waals surface area contributed by atoms with Crippen LogP contribution in [0.2, 0.25) is 0 Å². The Balaban J connectivity index is 1.53. The fourth-order valence-electron chi connectivity index (χ4n) is 5.35. The summed E-state index contributed by atoms with van der Waals surface area (Å²) in [7, 11) is 0. The van der Waals surface area contributed by atoms with Crippen molar-refractivity contribution in [2.24, 2.45) is 17.8 Å². The van der Waals surface area contributed by atoms with E-state index in [0.29, 0.717) is 23.7 Å². The lowest BCUT2D eigenvalue weighted by molar-refractivity contribution is -0.140. The van der Waals surface area contributed by atoms with Gasteiger partial charge in [-0.2, -0.15) is 0 Å². The quantitative estimate of drug-likeness (QED) is 0.713. The maximum Gasteiger partial charge on any atom is 0.241 e. The average molecular weight is 428 g/mol. The number of hydrogen-bond donors (Lipinski definition) is 1. The fraction of sp³-hybridized carbons (Fsp3) is 0.692. The summed E-state index contributed by atoms with van der Waals surface area (Å²) in [6, 6.07) is 8.01. The standard InChI is InChI=1S/C26H41N3O2/c1-6-24(25(30)27-23-9-7-21(8-10-23)18(2)3)28-13-11-22(12-14-28)26(31)29-16-19(4)15-20(5)17-29/h7-10,18-20,22,24H,6,11-17H2,1-5H3,(H,27,30)/t19-,20+,24-/m1/s1. The van der Waals surface area contributed by atoms with Gasteiger partial charge in [0.2, 0.25) is 11.8 Å². The van der Waals surface area contributed by atoms with Gasteiger partial charge in [-0.1, -0.05) is 46.8 Å². The van der Waals surface area contributed by atoms with Gasteiger partial charge in [-0.25, -0.2) is 0 Å². The third-order valence-electron chi connectivity index (χ3n) is 7.03. The molecule has 1 aromatic rings. The molecule has 5 nitrogen and oxygen atoms in total. The van der Waals surface area contributed by atoms with E-state index in [4.69, 9.17) is 0 Å². The van der Waals surface area contributed by atoms with Gasteiger partial charge >= 0.3 is 0 Å². The molecule has 2 heterocycles. The van der Waals surface area contributed by atoms with E-state index in [1.165, 1.54) is 12.0 Å². The second kappa shape index (κ2) is 10.6. The molecule has 1 aromatic carbocycles. The Hall–Kier alpha value is -1.88. The number of anilines is 1. The number of piperidine rings is 2. The van der Waals surface area contributed by atoms with Crippen LogP contribution in [0.1, 0.15) is 71.8 Å². The van der Waals surface area contributed by atoms with Crippen molar-refractivity contribution in [3.63, 3.8) is 0 Å². The number of nitrogens with zero attached hydrogens (tertiary/aromatic N) is 2. The first-order valence-corrected chi connectivity index (χ1v) is 12.2. The van der Waals surface area contributed by atoms with Gasteiger partial charge in [0.15, 0.2) is 0 Å². The number of hydrogen-bond acceptors (Lipinski definition) is 3. The average Bonchev–Trinajstić information content (AvgIpc) is 2.74. The van der Waals surface area contributed by atoms with Crippen LogP contribution in [-0.4, -0.2) is 53.8 Å². The highest BCUT2D eigenvalue weighted by molar-refractivity contribution is 5.94. The van der Waals surface area contributed by atoms with Crippen LogP contribution in [0.5, 0.6) is 0 Å². The summed E-state index contributed by atoms with van der Waals surface area (Å²) < 4.78 is 0. The highest BCUT2D eigenvalue weighted by atomic mass is 16.2. The van der Waals surface area contributed by atoms with Crippen LogP contribution in [0.15, 0.2) is 24.3 Å². The van der Waals surface area contributed by atoms with Crippen LogP contribution in [0.4, 0.5) is 5.69 Å². The zero-order valence-electron chi connectivity index (χ0n) is 20.1. The van der Waals surface area contributed by atoms with Gasteiger partial charge in [-0.15, -0.1) is 0 Å². The van der Waals surface area contributed by atoms with Crippen molar-refractivity contribution >= 4 is 17.5 Å². The van der Waals surface area contributed by atoms with Crippen molar-refractivity contribution in [3.05, 3.63) is 29.8 Å². The van der Waals surface area contributed by atoms with Gasteiger partial charge in [0.05, 0.1) is 6.04 Å². The molecule has 31 heavy (non-hydrogen) atoms. The minimum Gasteiger partial charge on any atom is -0.342 e. The van der Waals surface area contributed by atoms with Gasteiger partial charge in [0.25, 0.3) is 0 Å². The summed E-state index contributed by atoms with van der Waals surface area (Å²) in [5.41, 5.74) is 2.13. The van der Waals surface area contributed by atoms with Crippen LogP contribution >= 0.6 is 0 Å². The number of nitrogens with one attached hydrogen (secondary N) is 1. The Bertz CT molecular complexity index is 728. The van der Waals surface area contributed by atoms with Crippen LogP contribution in [0, 0.1) is 17.8 Å². The van der Waals surface area contributed by atoms with Crippen molar-refractivity contribution in [2.45, 2.75) is 72.3 Å². The van der Waals surface area contributed by atoms with E-state index in [0.717, 1.165) is 51.1 Å². The minimum atomic E-state index is -0.143. The molecule has 0 unspecified atom stereocenters. The molecule has 2 fully saturated rings. The molecule has 0 saturated carbocycles. The first kappa shape index (κ1) is 23.8. The molecule has 0 aromatic heterocycles.